The van der Waals surface area contributed by atoms with Gasteiger partial charge in [0.15, 0.2) is 0 Å². The van der Waals surface area contributed by atoms with Gasteiger partial charge in [0.2, 0.25) is 0 Å². The van der Waals surface area contributed by atoms with Crippen LogP contribution in [0.4, 0.5) is 0 Å². The summed E-state index contributed by atoms with van der Waals surface area (Å²) in [4.78, 5) is 0. The summed E-state index contributed by atoms with van der Waals surface area (Å²) in [5, 5.41) is 14.5. The van der Waals surface area contributed by atoms with Gasteiger partial charge in [-0.25, -0.2) is 0 Å². The minimum absolute atomic E-state index is 0. The van der Waals surface area contributed by atoms with Gasteiger partial charge in [0.25, 0.3) is 0 Å². The molecule has 0 aliphatic carbocycles. The summed E-state index contributed by atoms with van der Waals surface area (Å²) in [7, 11) is 0. The Morgan fingerprint density at radius 3 is 1.00 bits per heavy atom. The molecule has 0 N–H and O–H groups in total. The molecule has 0 aliphatic heterocycles. The summed E-state index contributed by atoms with van der Waals surface area (Å²) in [6, 6.07) is 0. The van der Waals surface area contributed by atoms with E-state index in [0.29, 0.717) is 0 Å². The quantitative estimate of drug-likeness (QED) is 0.354. The van der Waals surface area contributed by atoms with E-state index in [0.717, 1.165) is 0 Å². The topological polar surface area (TPSA) is 44.6 Å². The van der Waals surface area contributed by atoms with Crippen LogP contribution in [0.15, 0.2) is 0 Å². The Bertz CT molecular complexity index is 67.7. The molecular weight excluding hydrogens is 417 g/mol. The molecule has 0 heterocycles. The van der Waals surface area contributed by atoms with E-state index in [-0.39, 0.29) is 27.3 Å². The Morgan fingerprint density at radius 1 is 1.00 bits per heavy atom. The SMILES string of the molecule is [N-]=C=[Se].[N-]=C=[Se].[Pb+2]. The summed E-state index contributed by atoms with van der Waals surface area (Å²) in [6.07, 6.45) is 0. The van der Waals surface area contributed by atoms with Gasteiger partial charge in [-0.05, 0) is 0 Å². The molecule has 0 aromatic carbocycles. The first-order valence-electron chi connectivity index (χ1n) is 0.855. The molecule has 0 aromatic heterocycles. The van der Waals surface area contributed by atoms with Crippen LogP contribution in [-0.4, -0.2) is 67.9 Å². The third-order valence-corrected chi connectivity index (χ3v) is 0. The van der Waals surface area contributed by atoms with E-state index < -0.39 is 0 Å². The van der Waals surface area contributed by atoms with Gasteiger partial charge in [-0.2, -0.15) is 0 Å². The van der Waals surface area contributed by atoms with Crippen LogP contribution >= 0.6 is 0 Å². The molecule has 0 aliphatic rings. The summed E-state index contributed by atoms with van der Waals surface area (Å²) in [6.45, 7) is 0. The van der Waals surface area contributed by atoms with Gasteiger partial charge in [-0.3, -0.25) is 0 Å². The van der Waals surface area contributed by atoms with Crippen LogP contribution in [0.3, 0.4) is 0 Å². The second kappa shape index (κ2) is 27.4. The zero-order chi connectivity index (χ0) is 5.41. The molecule has 5 heteroatoms. The second-order valence-electron chi connectivity index (χ2n) is 0.183. The first-order valence-corrected chi connectivity index (χ1v) is 2.57. The van der Waals surface area contributed by atoms with Crippen LogP contribution in [0.1, 0.15) is 0 Å². The van der Waals surface area contributed by atoms with Gasteiger partial charge in [0.05, 0.1) is 0 Å². The van der Waals surface area contributed by atoms with Crippen molar-refractivity contribution in [3.05, 3.63) is 10.8 Å². The molecular formula is C2N2PbSe2. The van der Waals surface area contributed by atoms with E-state index in [4.69, 9.17) is 10.8 Å². The average Bonchev–Trinajstić information content (AvgIpc) is 1.39. The van der Waals surface area contributed by atoms with E-state index in [1.54, 1.807) is 9.43 Å². The molecule has 0 fully saturated rings. The Labute approximate surface area is 78.0 Å². The normalized spacial score (nSPS) is 2.29. The van der Waals surface area contributed by atoms with Gasteiger partial charge in [-0.1, -0.05) is 0 Å². The molecule has 0 bridgehead atoms. The van der Waals surface area contributed by atoms with Gasteiger partial charge >= 0.3 is 78.7 Å². The van der Waals surface area contributed by atoms with Gasteiger partial charge in [-0.15, -0.1) is 0 Å². The zero-order valence-corrected chi connectivity index (χ0v) is 10.5. The van der Waals surface area contributed by atoms with Crippen LogP contribution in [0, 0.1) is 0 Å². The number of rotatable bonds is 0. The van der Waals surface area contributed by atoms with E-state index in [1.807, 2.05) is 0 Å². The Morgan fingerprint density at radius 2 is 1.00 bits per heavy atom. The van der Waals surface area contributed by atoms with E-state index in [1.165, 1.54) is 0 Å². The first-order chi connectivity index (χ1) is 2.83. The molecule has 0 unspecified atom stereocenters. The largest absolute Gasteiger partial charge is 2.00 e. The minimum atomic E-state index is 0. The van der Waals surface area contributed by atoms with Crippen molar-refractivity contribution in [1.82, 2.24) is 0 Å². The van der Waals surface area contributed by atoms with E-state index >= 15 is 0 Å². The van der Waals surface area contributed by atoms with E-state index in [2.05, 4.69) is 31.2 Å². The van der Waals surface area contributed by atoms with Crippen LogP contribution in [0.25, 0.3) is 10.8 Å². The predicted molar refractivity (Wildman–Crippen MR) is 34.0 cm³/mol. The number of nitrogens with zero attached hydrogens (tertiary/aromatic N) is 2. The smallest absolute Gasteiger partial charge is 2.00 e. The third kappa shape index (κ3) is 149. The summed E-state index contributed by atoms with van der Waals surface area (Å²) in [5.41, 5.74) is 0. The van der Waals surface area contributed by atoms with Gasteiger partial charge in [0, 0.05) is 0 Å². The molecule has 7 heavy (non-hydrogen) atoms. The second-order valence-corrected chi connectivity index (χ2v) is 0.949. The van der Waals surface area contributed by atoms with Crippen molar-refractivity contribution in [1.29, 1.82) is 0 Å². The molecule has 0 saturated carbocycles. The fourth-order valence-corrected chi connectivity index (χ4v) is 0. The maximum absolute atomic E-state index is 7.26. The molecule has 34 valence electrons. The average molecular weight is 417 g/mol. The van der Waals surface area contributed by atoms with Crippen LogP contribution in [0.2, 0.25) is 0 Å². The van der Waals surface area contributed by atoms with Crippen LogP contribution < -0.4 is 0 Å². The predicted octanol–water partition coefficient (Wildman–Crippen LogP) is -1.12. The molecule has 0 saturated heterocycles. The Hall–Kier alpha value is 1.12. The Kier molecular flexibility index (Phi) is 61.4. The van der Waals surface area contributed by atoms with Crippen molar-refractivity contribution < 1.29 is 0 Å². The molecule has 2 radical (unpaired) electrons. The van der Waals surface area contributed by atoms with Gasteiger partial charge < -0.3 is 0 Å². The summed E-state index contributed by atoms with van der Waals surface area (Å²) >= 11 is 4.22. The maximum atomic E-state index is 7.26. The fraction of sp³-hybridized carbons (Fsp3) is 0. The molecule has 0 aromatic rings. The van der Waals surface area contributed by atoms with Crippen molar-refractivity contribution in [2.45, 2.75) is 0 Å². The zero-order valence-electron chi connectivity index (χ0n) is 3.21. The molecule has 0 rings (SSSR count). The molecule has 0 atom stereocenters. The van der Waals surface area contributed by atoms with Crippen LogP contribution in [-0.2, 0) is 0 Å². The first kappa shape index (κ1) is 15.7. The Balaban J connectivity index is -0.0000000400. The van der Waals surface area contributed by atoms with Crippen molar-refractivity contribution in [2.24, 2.45) is 0 Å². The van der Waals surface area contributed by atoms with E-state index in [9.17, 15) is 0 Å². The number of hydrogen-bond donors (Lipinski definition) is 0. The van der Waals surface area contributed by atoms with Crippen molar-refractivity contribution in [3.63, 3.8) is 0 Å². The van der Waals surface area contributed by atoms with Crippen molar-refractivity contribution in [2.75, 3.05) is 0 Å². The molecule has 0 amide bonds. The van der Waals surface area contributed by atoms with Gasteiger partial charge in [0.1, 0.15) is 0 Å². The van der Waals surface area contributed by atoms with Crippen molar-refractivity contribution in [3.8, 4) is 0 Å². The third-order valence-electron chi connectivity index (χ3n) is 0. The number of hydrogen-bond acceptors (Lipinski definition) is 0. The molecule has 0 spiro atoms. The standard InChI is InChI=1S/2CNSe.Pb/c2*2-1-3;/q2*-1;+2. The fourth-order valence-electron chi connectivity index (χ4n) is 0. The molecule has 2 nitrogen and oxygen atoms in total. The monoisotopic (exact) mass is 420 g/mol. The summed E-state index contributed by atoms with van der Waals surface area (Å²) < 4.78 is 3.25. The van der Waals surface area contributed by atoms with Crippen LogP contribution in [0.5, 0.6) is 0 Å². The maximum Gasteiger partial charge on any atom is 2.00 e. The summed E-state index contributed by atoms with van der Waals surface area (Å²) in [5.74, 6) is 0. The minimum Gasteiger partial charge on any atom is 2.00 e. The van der Waals surface area contributed by atoms with Crippen molar-refractivity contribution >= 4 is 67.9 Å².